The Balaban J connectivity index is 1.96. The van der Waals surface area contributed by atoms with E-state index in [1.54, 1.807) is 12.1 Å². The third-order valence-corrected chi connectivity index (χ3v) is 4.60. The number of nitrogens with one attached hydrogen (secondary N) is 1. The Bertz CT molecular complexity index is 450. The first-order valence-corrected chi connectivity index (χ1v) is 7.59. The van der Waals surface area contributed by atoms with Gasteiger partial charge >= 0.3 is 0 Å². The maximum atomic E-state index is 13.2. The maximum absolute atomic E-state index is 13.2. The van der Waals surface area contributed by atoms with Gasteiger partial charge < -0.3 is 10.1 Å². The minimum absolute atomic E-state index is 0.107. The van der Waals surface area contributed by atoms with Crippen molar-refractivity contribution in [3.05, 3.63) is 28.5 Å². The maximum Gasteiger partial charge on any atom is 0.137 e. The molecule has 0 spiro atoms. The SMILES string of the molecule is CCCNC1CC(Oc2ccc(F)c(Br)c2)C1(C)C. The molecule has 4 heteroatoms. The lowest BCUT2D eigenvalue weighted by molar-refractivity contribution is -0.0546. The molecule has 0 saturated heterocycles. The fourth-order valence-electron chi connectivity index (χ4n) is 2.46. The van der Waals surface area contributed by atoms with Gasteiger partial charge in [0, 0.05) is 17.9 Å². The van der Waals surface area contributed by atoms with Crippen molar-refractivity contribution in [2.45, 2.75) is 45.8 Å². The van der Waals surface area contributed by atoms with Crippen LogP contribution in [0.3, 0.4) is 0 Å². The quantitative estimate of drug-likeness (QED) is 0.876. The van der Waals surface area contributed by atoms with Crippen molar-refractivity contribution in [3.63, 3.8) is 0 Å². The highest BCUT2D eigenvalue weighted by Crippen LogP contribution is 2.43. The smallest absolute Gasteiger partial charge is 0.137 e. The van der Waals surface area contributed by atoms with Crippen molar-refractivity contribution in [2.75, 3.05) is 6.54 Å². The van der Waals surface area contributed by atoms with Crippen LogP contribution in [0.15, 0.2) is 22.7 Å². The number of halogens is 2. The average Bonchev–Trinajstić information content (AvgIpc) is 2.37. The van der Waals surface area contributed by atoms with Crippen LogP contribution in [-0.2, 0) is 0 Å². The molecule has 2 atom stereocenters. The molecule has 1 saturated carbocycles. The second kappa shape index (κ2) is 5.80. The Morgan fingerprint density at radius 2 is 2.21 bits per heavy atom. The minimum Gasteiger partial charge on any atom is -0.490 e. The van der Waals surface area contributed by atoms with Gasteiger partial charge in [0.25, 0.3) is 0 Å². The molecule has 19 heavy (non-hydrogen) atoms. The van der Waals surface area contributed by atoms with Crippen molar-refractivity contribution in [2.24, 2.45) is 5.41 Å². The Morgan fingerprint density at radius 3 is 2.79 bits per heavy atom. The lowest BCUT2D eigenvalue weighted by Gasteiger charge is -2.51. The summed E-state index contributed by atoms with van der Waals surface area (Å²) in [5.74, 6) is 0.461. The Hall–Kier alpha value is -0.610. The molecule has 0 bridgehead atoms. The molecule has 1 aromatic carbocycles. The highest BCUT2D eigenvalue weighted by atomic mass is 79.9. The molecule has 1 N–H and O–H groups in total. The number of rotatable bonds is 5. The van der Waals surface area contributed by atoms with E-state index in [1.165, 1.54) is 6.07 Å². The average molecular weight is 330 g/mol. The summed E-state index contributed by atoms with van der Waals surface area (Å²) in [4.78, 5) is 0. The molecular weight excluding hydrogens is 309 g/mol. The molecule has 2 unspecified atom stereocenters. The van der Waals surface area contributed by atoms with Crippen LogP contribution >= 0.6 is 15.9 Å². The monoisotopic (exact) mass is 329 g/mol. The van der Waals surface area contributed by atoms with E-state index in [-0.39, 0.29) is 17.3 Å². The normalized spacial score (nSPS) is 24.9. The number of benzene rings is 1. The van der Waals surface area contributed by atoms with Gasteiger partial charge in [-0.15, -0.1) is 0 Å². The standard InChI is InChI=1S/C15H21BrFNO/c1-4-7-18-13-9-14(15(13,2)3)19-10-5-6-12(17)11(16)8-10/h5-6,8,13-14,18H,4,7,9H2,1-3H3. The number of ether oxygens (including phenoxy) is 1. The first-order valence-electron chi connectivity index (χ1n) is 6.80. The first kappa shape index (κ1) is 14.8. The van der Waals surface area contributed by atoms with Gasteiger partial charge in [0.1, 0.15) is 17.7 Å². The van der Waals surface area contributed by atoms with E-state index in [4.69, 9.17) is 4.74 Å². The van der Waals surface area contributed by atoms with E-state index in [9.17, 15) is 4.39 Å². The first-order chi connectivity index (χ1) is 8.95. The van der Waals surface area contributed by atoms with E-state index in [0.717, 1.165) is 25.1 Å². The predicted molar refractivity (Wildman–Crippen MR) is 79.0 cm³/mol. The molecule has 0 radical (unpaired) electrons. The summed E-state index contributed by atoms with van der Waals surface area (Å²) >= 11 is 3.18. The van der Waals surface area contributed by atoms with Gasteiger partial charge in [0.05, 0.1) is 4.47 Å². The van der Waals surface area contributed by atoms with Crippen molar-refractivity contribution in [3.8, 4) is 5.75 Å². The highest BCUT2D eigenvalue weighted by molar-refractivity contribution is 9.10. The second-order valence-electron chi connectivity index (χ2n) is 5.75. The molecule has 2 rings (SSSR count). The van der Waals surface area contributed by atoms with Gasteiger partial charge in [-0.2, -0.15) is 0 Å². The van der Waals surface area contributed by atoms with E-state index < -0.39 is 0 Å². The molecule has 2 nitrogen and oxygen atoms in total. The van der Waals surface area contributed by atoms with Crippen LogP contribution < -0.4 is 10.1 Å². The summed E-state index contributed by atoms with van der Waals surface area (Å²) in [5.41, 5.74) is 0.107. The zero-order valence-electron chi connectivity index (χ0n) is 11.7. The molecular formula is C15H21BrFNO. The fourth-order valence-corrected chi connectivity index (χ4v) is 2.82. The van der Waals surface area contributed by atoms with Crippen molar-refractivity contribution in [1.82, 2.24) is 5.32 Å². The Labute approximate surface area is 122 Å². The van der Waals surface area contributed by atoms with E-state index in [0.29, 0.717) is 10.5 Å². The van der Waals surface area contributed by atoms with Crippen LogP contribution in [0, 0.1) is 11.2 Å². The second-order valence-corrected chi connectivity index (χ2v) is 6.60. The highest BCUT2D eigenvalue weighted by Gasteiger charge is 2.49. The van der Waals surface area contributed by atoms with Crippen molar-refractivity contribution in [1.29, 1.82) is 0 Å². The minimum atomic E-state index is -0.261. The molecule has 1 aliphatic carbocycles. The van der Waals surface area contributed by atoms with E-state index >= 15 is 0 Å². The zero-order valence-corrected chi connectivity index (χ0v) is 13.3. The van der Waals surface area contributed by atoms with Gasteiger partial charge in [-0.3, -0.25) is 0 Å². The van der Waals surface area contributed by atoms with Gasteiger partial charge in [-0.05, 0) is 47.1 Å². The van der Waals surface area contributed by atoms with Gasteiger partial charge in [-0.1, -0.05) is 20.8 Å². The van der Waals surface area contributed by atoms with Gasteiger partial charge in [0.2, 0.25) is 0 Å². The van der Waals surface area contributed by atoms with Crippen LogP contribution in [0.5, 0.6) is 5.75 Å². The summed E-state index contributed by atoms with van der Waals surface area (Å²) in [5, 5.41) is 3.55. The summed E-state index contributed by atoms with van der Waals surface area (Å²) in [6.45, 7) is 7.64. The zero-order chi connectivity index (χ0) is 14.0. The lowest BCUT2D eigenvalue weighted by Crippen LogP contribution is -2.62. The molecule has 0 aromatic heterocycles. The molecule has 106 valence electrons. The molecule has 0 aliphatic heterocycles. The van der Waals surface area contributed by atoms with Crippen LogP contribution in [0.1, 0.15) is 33.6 Å². The summed E-state index contributed by atoms with van der Waals surface area (Å²) in [7, 11) is 0. The molecule has 1 aromatic rings. The van der Waals surface area contributed by atoms with Crippen LogP contribution in [-0.4, -0.2) is 18.7 Å². The van der Waals surface area contributed by atoms with Crippen molar-refractivity contribution >= 4 is 15.9 Å². The fraction of sp³-hybridized carbons (Fsp3) is 0.600. The molecule has 1 aliphatic rings. The van der Waals surface area contributed by atoms with Gasteiger partial charge in [-0.25, -0.2) is 4.39 Å². The van der Waals surface area contributed by atoms with Crippen LogP contribution in [0.4, 0.5) is 4.39 Å². The van der Waals surface area contributed by atoms with Crippen LogP contribution in [0.25, 0.3) is 0 Å². The predicted octanol–water partition coefficient (Wildman–Crippen LogP) is 4.13. The Morgan fingerprint density at radius 1 is 1.47 bits per heavy atom. The number of hydrogen-bond acceptors (Lipinski definition) is 2. The van der Waals surface area contributed by atoms with Gasteiger partial charge in [0.15, 0.2) is 0 Å². The molecule has 1 fully saturated rings. The lowest BCUT2D eigenvalue weighted by atomic mass is 9.64. The van der Waals surface area contributed by atoms with E-state index in [1.807, 2.05) is 0 Å². The topological polar surface area (TPSA) is 21.3 Å². The Kier molecular flexibility index (Phi) is 4.51. The van der Waals surface area contributed by atoms with E-state index in [2.05, 4.69) is 42.0 Å². The summed E-state index contributed by atoms with van der Waals surface area (Å²) in [6.07, 6.45) is 2.32. The third kappa shape index (κ3) is 3.11. The van der Waals surface area contributed by atoms with Crippen LogP contribution in [0.2, 0.25) is 0 Å². The summed E-state index contributed by atoms with van der Waals surface area (Å²) < 4.78 is 19.6. The number of hydrogen-bond donors (Lipinski definition) is 1. The molecule has 0 amide bonds. The largest absolute Gasteiger partial charge is 0.490 e. The summed E-state index contributed by atoms with van der Waals surface area (Å²) in [6, 6.07) is 5.31. The van der Waals surface area contributed by atoms with Crippen molar-refractivity contribution < 1.29 is 9.13 Å². The third-order valence-electron chi connectivity index (χ3n) is 3.99. The molecule has 0 heterocycles.